The SMILES string of the molecule is CCNC(=NCc1cccc(N2CC=CC2)c1)NC1C2CCCOC2C1(C)C. The highest BCUT2D eigenvalue weighted by molar-refractivity contribution is 5.80. The van der Waals surface area contributed by atoms with Crippen molar-refractivity contribution < 1.29 is 4.74 Å². The minimum absolute atomic E-state index is 0.143. The van der Waals surface area contributed by atoms with Crippen molar-refractivity contribution in [3.05, 3.63) is 42.0 Å². The first-order valence-corrected chi connectivity index (χ1v) is 10.7. The first-order valence-electron chi connectivity index (χ1n) is 10.7. The van der Waals surface area contributed by atoms with Crippen LogP contribution in [0.3, 0.4) is 0 Å². The zero-order valence-corrected chi connectivity index (χ0v) is 17.4. The molecule has 4 rings (SSSR count). The number of guanidine groups is 1. The molecular formula is C23H34N4O. The molecule has 3 unspecified atom stereocenters. The molecule has 5 heteroatoms. The van der Waals surface area contributed by atoms with Gasteiger partial charge in [0.15, 0.2) is 5.96 Å². The first-order chi connectivity index (χ1) is 13.6. The summed E-state index contributed by atoms with van der Waals surface area (Å²) in [6.45, 7) is 11.2. The van der Waals surface area contributed by atoms with Gasteiger partial charge in [0.25, 0.3) is 0 Å². The Bertz CT molecular complexity index is 734. The van der Waals surface area contributed by atoms with Gasteiger partial charge in [0.1, 0.15) is 0 Å². The monoisotopic (exact) mass is 382 g/mol. The van der Waals surface area contributed by atoms with Gasteiger partial charge in [-0.3, -0.25) is 0 Å². The number of hydrogen-bond donors (Lipinski definition) is 2. The number of ether oxygens (including phenoxy) is 1. The molecule has 1 saturated carbocycles. The van der Waals surface area contributed by atoms with E-state index in [0.29, 0.717) is 24.6 Å². The van der Waals surface area contributed by atoms with Gasteiger partial charge < -0.3 is 20.3 Å². The highest BCUT2D eigenvalue weighted by Crippen LogP contribution is 2.51. The van der Waals surface area contributed by atoms with Crippen molar-refractivity contribution in [1.29, 1.82) is 0 Å². The largest absolute Gasteiger partial charge is 0.377 e. The lowest BCUT2D eigenvalue weighted by molar-refractivity contribution is -0.188. The molecule has 0 bridgehead atoms. The van der Waals surface area contributed by atoms with Crippen LogP contribution in [0.1, 0.15) is 39.2 Å². The van der Waals surface area contributed by atoms with Crippen molar-refractivity contribution in [3.63, 3.8) is 0 Å². The summed E-state index contributed by atoms with van der Waals surface area (Å²) in [6, 6.07) is 9.16. The first kappa shape index (κ1) is 19.3. The lowest BCUT2D eigenvalue weighted by atomic mass is 9.55. The molecule has 28 heavy (non-hydrogen) atoms. The number of nitrogens with zero attached hydrogens (tertiary/aromatic N) is 2. The molecule has 0 radical (unpaired) electrons. The molecule has 2 heterocycles. The summed E-state index contributed by atoms with van der Waals surface area (Å²) in [6.07, 6.45) is 7.24. The van der Waals surface area contributed by atoms with E-state index in [1.54, 1.807) is 0 Å². The maximum atomic E-state index is 6.05. The fourth-order valence-corrected chi connectivity index (χ4v) is 4.99. The van der Waals surface area contributed by atoms with E-state index in [0.717, 1.165) is 32.2 Å². The Kier molecular flexibility index (Phi) is 5.63. The van der Waals surface area contributed by atoms with Crippen LogP contribution in [0, 0.1) is 11.3 Å². The molecular weight excluding hydrogens is 348 g/mol. The maximum absolute atomic E-state index is 6.05. The van der Waals surface area contributed by atoms with Crippen LogP contribution >= 0.6 is 0 Å². The van der Waals surface area contributed by atoms with Crippen molar-refractivity contribution in [2.45, 2.75) is 52.3 Å². The summed E-state index contributed by atoms with van der Waals surface area (Å²) in [4.78, 5) is 7.27. The number of anilines is 1. The summed E-state index contributed by atoms with van der Waals surface area (Å²) in [7, 11) is 0. The number of nitrogens with one attached hydrogen (secondary N) is 2. The van der Waals surface area contributed by atoms with Crippen molar-refractivity contribution in [1.82, 2.24) is 10.6 Å². The molecule has 3 aliphatic rings. The average Bonchev–Trinajstić information content (AvgIpc) is 3.25. The lowest BCUT2D eigenvalue weighted by Gasteiger charge is -2.60. The molecule has 152 valence electrons. The fourth-order valence-electron chi connectivity index (χ4n) is 4.99. The summed E-state index contributed by atoms with van der Waals surface area (Å²) in [5, 5.41) is 7.15. The number of benzene rings is 1. The van der Waals surface area contributed by atoms with Crippen LogP contribution in [0.15, 0.2) is 41.4 Å². The Hall–Kier alpha value is -2.01. The third kappa shape index (κ3) is 3.77. The van der Waals surface area contributed by atoms with E-state index in [9.17, 15) is 0 Å². The number of hydrogen-bond acceptors (Lipinski definition) is 3. The number of aliphatic imine (C=N–C) groups is 1. The smallest absolute Gasteiger partial charge is 0.191 e. The predicted octanol–water partition coefficient (Wildman–Crippen LogP) is 3.32. The maximum Gasteiger partial charge on any atom is 0.191 e. The molecule has 2 N–H and O–H groups in total. The second-order valence-electron chi connectivity index (χ2n) is 8.78. The summed E-state index contributed by atoms with van der Waals surface area (Å²) >= 11 is 0. The molecule has 0 aromatic heterocycles. The summed E-state index contributed by atoms with van der Waals surface area (Å²) in [5.41, 5.74) is 2.66. The van der Waals surface area contributed by atoms with E-state index in [4.69, 9.17) is 9.73 Å². The number of fused-ring (bicyclic) bond motifs is 1. The van der Waals surface area contributed by atoms with E-state index < -0.39 is 0 Å². The zero-order chi connectivity index (χ0) is 19.6. The van der Waals surface area contributed by atoms with E-state index in [1.807, 2.05) is 0 Å². The molecule has 1 aromatic rings. The van der Waals surface area contributed by atoms with Gasteiger partial charge in [0.05, 0.1) is 12.6 Å². The van der Waals surface area contributed by atoms with Crippen LogP contribution in [-0.4, -0.2) is 44.3 Å². The third-order valence-corrected chi connectivity index (χ3v) is 6.48. The Morgan fingerprint density at radius 3 is 2.89 bits per heavy atom. The molecule has 5 nitrogen and oxygen atoms in total. The van der Waals surface area contributed by atoms with Gasteiger partial charge in [-0.2, -0.15) is 0 Å². The van der Waals surface area contributed by atoms with Crippen molar-refractivity contribution in [2.75, 3.05) is 31.1 Å². The molecule has 1 aliphatic carbocycles. The minimum atomic E-state index is 0.143. The van der Waals surface area contributed by atoms with Crippen molar-refractivity contribution >= 4 is 11.6 Å². The summed E-state index contributed by atoms with van der Waals surface area (Å²) < 4.78 is 6.05. The Morgan fingerprint density at radius 1 is 1.29 bits per heavy atom. The number of rotatable bonds is 5. The van der Waals surface area contributed by atoms with Gasteiger partial charge in [-0.15, -0.1) is 0 Å². The van der Waals surface area contributed by atoms with E-state index >= 15 is 0 Å². The van der Waals surface area contributed by atoms with E-state index in [-0.39, 0.29) is 5.41 Å². The van der Waals surface area contributed by atoms with Crippen molar-refractivity contribution in [2.24, 2.45) is 16.3 Å². The highest BCUT2D eigenvalue weighted by Gasteiger charge is 2.58. The Balaban J connectivity index is 1.43. The zero-order valence-electron chi connectivity index (χ0n) is 17.4. The van der Waals surface area contributed by atoms with Crippen LogP contribution in [0.25, 0.3) is 0 Å². The average molecular weight is 383 g/mol. The Morgan fingerprint density at radius 2 is 2.11 bits per heavy atom. The highest BCUT2D eigenvalue weighted by atomic mass is 16.5. The third-order valence-electron chi connectivity index (χ3n) is 6.48. The second-order valence-corrected chi connectivity index (χ2v) is 8.78. The van der Waals surface area contributed by atoms with E-state index in [2.05, 4.69) is 72.7 Å². The predicted molar refractivity (Wildman–Crippen MR) is 116 cm³/mol. The normalized spacial score (nSPS) is 28.6. The lowest BCUT2D eigenvalue weighted by Crippen LogP contribution is -2.71. The molecule has 0 amide bonds. The van der Waals surface area contributed by atoms with Crippen LogP contribution in [0.4, 0.5) is 5.69 Å². The minimum Gasteiger partial charge on any atom is -0.377 e. The Labute approximate surface area is 169 Å². The van der Waals surface area contributed by atoms with Gasteiger partial charge in [0.2, 0.25) is 0 Å². The molecule has 0 spiro atoms. The quantitative estimate of drug-likeness (QED) is 0.466. The van der Waals surface area contributed by atoms with Crippen LogP contribution in [0.5, 0.6) is 0 Å². The van der Waals surface area contributed by atoms with Crippen LogP contribution in [0.2, 0.25) is 0 Å². The van der Waals surface area contributed by atoms with Gasteiger partial charge >= 0.3 is 0 Å². The molecule has 1 saturated heterocycles. The van der Waals surface area contributed by atoms with Gasteiger partial charge in [0, 0.05) is 49.3 Å². The molecule has 1 aromatic carbocycles. The van der Waals surface area contributed by atoms with Gasteiger partial charge in [-0.25, -0.2) is 4.99 Å². The fraction of sp³-hybridized carbons (Fsp3) is 0.609. The van der Waals surface area contributed by atoms with Gasteiger partial charge in [-0.05, 0) is 37.5 Å². The summed E-state index contributed by atoms with van der Waals surface area (Å²) in [5.74, 6) is 1.51. The topological polar surface area (TPSA) is 48.9 Å². The van der Waals surface area contributed by atoms with Crippen molar-refractivity contribution in [3.8, 4) is 0 Å². The van der Waals surface area contributed by atoms with Crippen LogP contribution in [-0.2, 0) is 11.3 Å². The van der Waals surface area contributed by atoms with E-state index in [1.165, 1.54) is 24.1 Å². The molecule has 2 fully saturated rings. The van der Waals surface area contributed by atoms with Gasteiger partial charge in [-0.1, -0.05) is 38.1 Å². The van der Waals surface area contributed by atoms with Crippen LogP contribution < -0.4 is 15.5 Å². The molecule has 3 atom stereocenters. The molecule has 2 aliphatic heterocycles. The second kappa shape index (κ2) is 8.16. The standard InChI is InChI=1S/C23H34N4O/c1-4-24-22(26-20-19-11-8-14-28-21(19)23(20,2)3)25-16-17-9-7-10-18(15-17)27-12-5-6-13-27/h5-7,9-10,15,19-21H,4,8,11-14,16H2,1-3H3,(H2,24,25,26).